The molecule has 8 nitrogen and oxygen atoms in total. The Kier molecular flexibility index (Phi) is 4.72. The van der Waals surface area contributed by atoms with Crippen molar-refractivity contribution >= 4 is 23.1 Å². The van der Waals surface area contributed by atoms with Crippen LogP contribution in [0.25, 0.3) is 0 Å². The minimum Gasteiger partial charge on any atom is -0.395 e. The molecule has 0 aliphatic heterocycles. The van der Waals surface area contributed by atoms with E-state index in [-0.39, 0.29) is 18.1 Å². The van der Waals surface area contributed by atoms with Crippen molar-refractivity contribution in [1.29, 1.82) is 0 Å². The molecular formula is C13H17N5O3. The highest BCUT2D eigenvalue weighted by Crippen LogP contribution is 2.18. The van der Waals surface area contributed by atoms with Crippen LogP contribution in [0.3, 0.4) is 0 Å². The number of rotatable bonds is 6. The molecule has 4 N–H and O–H groups in total. The molecule has 0 aliphatic rings. The van der Waals surface area contributed by atoms with E-state index in [0.29, 0.717) is 12.2 Å². The maximum absolute atomic E-state index is 11.9. The third kappa shape index (κ3) is 3.48. The number of nitrogen functional groups attached to an aromatic ring is 1. The number of likely N-dealkylation sites (N-methyl/N-ethyl adjacent to an activating group) is 1. The second-order valence-electron chi connectivity index (χ2n) is 4.30. The van der Waals surface area contributed by atoms with Gasteiger partial charge < -0.3 is 21.1 Å². The number of hydrogen-bond donors (Lipinski definition) is 3. The van der Waals surface area contributed by atoms with Crippen LogP contribution in [0.4, 0.5) is 17.2 Å². The predicted octanol–water partition coefficient (Wildman–Crippen LogP) is 0.723. The van der Waals surface area contributed by atoms with Crippen molar-refractivity contribution in [2.45, 2.75) is 6.92 Å². The van der Waals surface area contributed by atoms with Gasteiger partial charge in [-0.3, -0.25) is 4.79 Å². The zero-order valence-electron chi connectivity index (χ0n) is 11.6. The van der Waals surface area contributed by atoms with Crippen LogP contribution >= 0.6 is 0 Å². The number of aliphatic hydroxyl groups is 1. The average molecular weight is 291 g/mol. The van der Waals surface area contributed by atoms with Crippen LogP contribution in [0.2, 0.25) is 0 Å². The molecule has 0 fully saturated rings. The number of nitrogens with zero attached hydrogens (tertiary/aromatic N) is 3. The molecule has 112 valence electrons. The van der Waals surface area contributed by atoms with Crippen molar-refractivity contribution < 1.29 is 14.5 Å². The molecule has 0 aliphatic carbocycles. The first-order valence-corrected chi connectivity index (χ1v) is 6.51. The fraction of sp³-hybridized carbons (Fsp3) is 0.308. The zero-order chi connectivity index (χ0) is 15.2. The van der Waals surface area contributed by atoms with Crippen LogP contribution < -0.4 is 16.0 Å². The van der Waals surface area contributed by atoms with Gasteiger partial charge in [0.15, 0.2) is 0 Å². The summed E-state index contributed by atoms with van der Waals surface area (Å²) in [5.41, 5.74) is 6.97. The smallest absolute Gasteiger partial charge is 0.281 e. The third-order valence-electron chi connectivity index (χ3n) is 2.97. The summed E-state index contributed by atoms with van der Waals surface area (Å²) in [6.45, 7) is 3.44. The number of aromatic nitrogens is 2. The first kappa shape index (κ1) is 14.8. The number of nitrogens with one attached hydrogen (secondary N) is 1. The van der Waals surface area contributed by atoms with Crippen LogP contribution in [0.5, 0.6) is 0 Å². The van der Waals surface area contributed by atoms with Gasteiger partial charge in [-0.1, -0.05) is 0 Å². The van der Waals surface area contributed by atoms with Crippen LogP contribution in [0, 0.1) is 0 Å². The number of aliphatic hydroxyl groups excluding tert-OH is 1. The molecular weight excluding hydrogens is 274 g/mol. The minimum absolute atomic E-state index is 0.0467. The van der Waals surface area contributed by atoms with E-state index in [1.165, 1.54) is 0 Å². The molecule has 21 heavy (non-hydrogen) atoms. The molecule has 0 unspecified atom stereocenters. The number of nitrogens with two attached hydrogens (primary N) is 1. The number of hydrogen-bond acceptors (Lipinski definition) is 7. The molecule has 8 heteroatoms. The van der Waals surface area contributed by atoms with Gasteiger partial charge in [-0.15, -0.1) is 0 Å². The Morgan fingerprint density at radius 2 is 2.10 bits per heavy atom. The van der Waals surface area contributed by atoms with E-state index in [0.717, 1.165) is 12.2 Å². The lowest BCUT2D eigenvalue weighted by Crippen LogP contribution is -2.26. The summed E-state index contributed by atoms with van der Waals surface area (Å²) in [5, 5.41) is 18.4. The molecule has 1 heterocycles. The minimum atomic E-state index is -0.482. The Bertz CT molecular complexity index is 596. The van der Waals surface area contributed by atoms with Gasteiger partial charge in [0.05, 0.1) is 6.61 Å². The number of carbonyl (C=O) groups excluding carboxylic acids is 1. The lowest BCUT2D eigenvalue weighted by Gasteiger charge is -2.22. The van der Waals surface area contributed by atoms with Gasteiger partial charge in [0.25, 0.3) is 5.91 Å². The first-order valence-electron chi connectivity index (χ1n) is 6.51. The molecule has 0 bridgehead atoms. The molecule has 0 saturated heterocycles. The summed E-state index contributed by atoms with van der Waals surface area (Å²) < 4.78 is 4.38. The van der Waals surface area contributed by atoms with E-state index in [2.05, 4.69) is 20.3 Å². The SMILES string of the molecule is CCN(CCO)c1ccc(NC(=O)c2nonc2N)cc1. The Hall–Kier alpha value is -2.61. The third-order valence-corrected chi connectivity index (χ3v) is 2.97. The maximum Gasteiger partial charge on any atom is 0.281 e. The van der Waals surface area contributed by atoms with Gasteiger partial charge in [-0.2, -0.15) is 0 Å². The maximum atomic E-state index is 11.9. The van der Waals surface area contributed by atoms with Crippen LogP contribution in [0.1, 0.15) is 17.4 Å². The lowest BCUT2D eigenvalue weighted by molar-refractivity contribution is 0.101. The largest absolute Gasteiger partial charge is 0.395 e. The van der Waals surface area contributed by atoms with Crippen molar-refractivity contribution in [2.24, 2.45) is 0 Å². The Morgan fingerprint density at radius 3 is 2.62 bits per heavy atom. The summed E-state index contributed by atoms with van der Waals surface area (Å²) >= 11 is 0. The second-order valence-corrected chi connectivity index (χ2v) is 4.30. The molecule has 2 aromatic rings. The highest BCUT2D eigenvalue weighted by Gasteiger charge is 2.16. The van der Waals surface area contributed by atoms with E-state index in [4.69, 9.17) is 10.8 Å². The van der Waals surface area contributed by atoms with E-state index in [9.17, 15) is 4.79 Å². The van der Waals surface area contributed by atoms with Gasteiger partial charge in [0.1, 0.15) is 0 Å². The number of amides is 1. The Morgan fingerprint density at radius 1 is 1.38 bits per heavy atom. The predicted molar refractivity (Wildman–Crippen MR) is 78.1 cm³/mol. The van der Waals surface area contributed by atoms with Crippen molar-refractivity contribution in [3.63, 3.8) is 0 Å². The number of carbonyl (C=O) groups is 1. The molecule has 2 rings (SSSR count). The summed E-state index contributed by atoms with van der Waals surface area (Å²) in [6, 6.07) is 7.24. The van der Waals surface area contributed by atoms with E-state index in [1.54, 1.807) is 12.1 Å². The zero-order valence-corrected chi connectivity index (χ0v) is 11.6. The average Bonchev–Trinajstić information content (AvgIpc) is 2.92. The van der Waals surface area contributed by atoms with Gasteiger partial charge in [-0.05, 0) is 41.5 Å². The number of benzene rings is 1. The topological polar surface area (TPSA) is 118 Å². The summed E-state index contributed by atoms with van der Waals surface area (Å²) in [4.78, 5) is 13.9. The van der Waals surface area contributed by atoms with E-state index >= 15 is 0 Å². The fourth-order valence-corrected chi connectivity index (χ4v) is 1.89. The molecule has 1 aromatic heterocycles. The van der Waals surface area contributed by atoms with Crippen molar-refractivity contribution in [3.8, 4) is 0 Å². The van der Waals surface area contributed by atoms with Crippen molar-refractivity contribution in [1.82, 2.24) is 10.3 Å². The van der Waals surface area contributed by atoms with E-state index in [1.807, 2.05) is 24.0 Å². The lowest BCUT2D eigenvalue weighted by atomic mass is 10.2. The second kappa shape index (κ2) is 6.71. The van der Waals surface area contributed by atoms with Gasteiger partial charge >= 0.3 is 0 Å². The van der Waals surface area contributed by atoms with Crippen molar-refractivity contribution in [2.75, 3.05) is 35.6 Å². The van der Waals surface area contributed by atoms with Crippen molar-refractivity contribution in [3.05, 3.63) is 30.0 Å². The van der Waals surface area contributed by atoms with Gasteiger partial charge in [-0.25, -0.2) is 4.63 Å². The highest BCUT2D eigenvalue weighted by molar-refractivity contribution is 6.05. The Labute approximate surface area is 121 Å². The van der Waals surface area contributed by atoms with Gasteiger partial charge in [0, 0.05) is 24.5 Å². The van der Waals surface area contributed by atoms with E-state index < -0.39 is 5.91 Å². The fourth-order valence-electron chi connectivity index (χ4n) is 1.89. The Balaban J connectivity index is 2.06. The van der Waals surface area contributed by atoms with Gasteiger partial charge in [0.2, 0.25) is 11.5 Å². The molecule has 0 radical (unpaired) electrons. The van der Waals surface area contributed by atoms with Crippen LogP contribution in [-0.4, -0.2) is 41.0 Å². The highest BCUT2D eigenvalue weighted by atomic mass is 16.6. The summed E-state index contributed by atoms with van der Waals surface area (Å²) in [7, 11) is 0. The summed E-state index contributed by atoms with van der Waals surface area (Å²) in [5.74, 6) is -0.534. The molecule has 0 atom stereocenters. The first-order chi connectivity index (χ1) is 10.2. The summed E-state index contributed by atoms with van der Waals surface area (Å²) in [6.07, 6.45) is 0. The normalized spacial score (nSPS) is 10.4. The van der Waals surface area contributed by atoms with Crippen LogP contribution in [0.15, 0.2) is 28.9 Å². The molecule has 0 saturated carbocycles. The standard InChI is InChI=1S/C13H17N5O3/c1-2-18(7-8-19)10-5-3-9(4-6-10)15-13(20)11-12(14)17-21-16-11/h3-6,19H,2,7-8H2,1H3,(H2,14,17)(H,15,20). The monoisotopic (exact) mass is 291 g/mol. The molecule has 1 amide bonds. The molecule has 1 aromatic carbocycles. The molecule has 0 spiro atoms. The number of anilines is 3. The quantitative estimate of drug-likeness (QED) is 0.717. The van der Waals surface area contributed by atoms with Crippen LogP contribution in [-0.2, 0) is 0 Å².